The molecule has 2 aliphatic heterocycles. The molecule has 3 heterocycles. The Kier molecular flexibility index (Phi) is 8.05. The monoisotopic (exact) mass is 581 g/mol. The van der Waals surface area contributed by atoms with Crippen LogP contribution in [-0.4, -0.2) is 63.1 Å². The Morgan fingerprint density at radius 1 is 1.08 bits per heavy atom. The van der Waals surface area contributed by atoms with E-state index in [1.165, 1.54) is 15.9 Å². The highest BCUT2D eigenvalue weighted by molar-refractivity contribution is 7.82. The van der Waals surface area contributed by atoms with Crippen molar-refractivity contribution >= 4 is 46.2 Å². The first-order chi connectivity index (χ1) is 18.2. The number of rotatable bonds is 5. The van der Waals surface area contributed by atoms with Crippen molar-refractivity contribution in [3.05, 3.63) is 63.5 Å². The van der Waals surface area contributed by atoms with E-state index in [1.807, 2.05) is 0 Å². The molecule has 1 aromatic carbocycles. The van der Waals surface area contributed by atoms with Crippen LogP contribution >= 0.6 is 11.6 Å². The second-order valence-electron chi connectivity index (χ2n) is 10.2. The van der Waals surface area contributed by atoms with Crippen molar-refractivity contribution in [3.63, 3.8) is 0 Å². The van der Waals surface area contributed by atoms with Crippen molar-refractivity contribution in [2.45, 2.75) is 32.3 Å². The van der Waals surface area contributed by atoms with Crippen LogP contribution in [0, 0.1) is 17.0 Å². The maximum Gasteiger partial charge on any atom is 0.410 e. The maximum absolute atomic E-state index is 14.4. The second-order valence-corrected chi connectivity index (χ2v) is 11.6. The van der Waals surface area contributed by atoms with Crippen LogP contribution < -0.4 is 10.5 Å². The maximum atomic E-state index is 14.4. The van der Waals surface area contributed by atoms with Gasteiger partial charge in [0.1, 0.15) is 45.6 Å². The lowest BCUT2D eigenvalue weighted by Crippen LogP contribution is -2.37. The molecule has 0 radical (unpaired) electrons. The summed E-state index contributed by atoms with van der Waals surface area (Å²) in [6.07, 6.45) is -0.639. The molecule has 0 bridgehead atoms. The molecular weight excluding hydrogens is 556 g/mol. The first-order valence-corrected chi connectivity index (χ1v) is 13.4. The van der Waals surface area contributed by atoms with Crippen LogP contribution in [0.5, 0.6) is 0 Å². The van der Waals surface area contributed by atoms with Gasteiger partial charge in [0.05, 0.1) is 10.6 Å². The Labute approximate surface area is 230 Å². The summed E-state index contributed by atoms with van der Waals surface area (Å²) in [5.41, 5.74) is 0.757. The molecular formula is C25H26ClF2N5O5S. The predicted molar refractivity (Wildman–Crippen MR) is 139 cm³/mol. The molecule has 3 amide bonds. The summed E-state index contributed by atoms with van der Waals surface area (Å²) < 4.78 is 45.6. The Bertz CT molecular complexity index is 1390. The molecule has 10 nitrogen and oxygen atoms in total. The van der Waals surface area contributed by atoms with Crippen molar-refractivity contribution in [3.8, 4) is 0 Å². The third-order valence-corrected chi connectivity index (χ3v) is 7.15. The molecule has 0 aliphatic carbocycles. The van der Waals surface area contributed by atoms with Crippen LogP contribution in [0.15, 0.2) is 40.3 Å². The van der Waals surface area contributed by atoms with Gasteiger partial charge in [-0.05, 0) is 35.4 Å². The van der Waals surface area contributed by atoms with Gasteiger partial charge >= 0.3 is 6.09 Å². The molecule has 2 aliphatic rings. The number of pyridine rings is 1. The van der Waals surface area contributed by atoms with Gasteiger partial charge in [0.25, 0.3) is 5.91 Å². The molecule has 1 aromatic heterocycles. The third kappa shape index (κ3) is 6.26. The normalized spacial score (nSPS) is 15.9. The van der Waals surface area contributed by atoms with Gasteiger partial charge in [-0.25, -0.2) is 27.9 Å². The molecule has 2 aromatic rings. The van der Waals surface area contributed by atoms with Crippen LogP contribution in [0.4, 0.5) is 19.3 Å². The minimum absolute atomic E-state index is 0.0836. The van der Waals surface area contributed by atoms with Gasteiger partial charge < -0.3 is 19.9 Å². The first kappa shape index (κ1) is 28.6. The summed E-state index contributed by atoms with van der Waals surface area (Å²) in [6, 6.07) is 4.64. The Hall–Kier alpha value is -3.42. The zero-order chi connectivity index (χ0) is 28.6. The fourth-order valence-corrected chi connectivity index (χ4v) is 4.72. The highest BCUT2D eigenvalue weighted by Gasteiger charge is 2.36. The molecule has 4 rings (SSSR count). The Balaban J connectivity index is 1.35. The summed E-state index contributed by atoms with van der Waals surface area (Å²) in [7, 11) is -2.10. The number of amides is 3. The minimum atomic E-state index is -2.10. The van der Waals surface area contributed by atoms with Crippen molar-refractivity contribution in [2.24, 2.45) is 10.6 Å². The van der Waals surface area contributed by atoms with Crippen molar-refractivity contribution in [1.82, 2.24) is 14.8 Å². The molecule has 0 spiro atoms. The van der Waals surface area contributed by atoms with Crippen LogP contribution in [0.1, 0.15) is 36.8 Å². The molecule has 208 valence electrons. The number of hydrogen-bond donors (Lipinski definition) is 2. The van der Waals surface area contributed by atoms with Crippen LogP contribution in [0.2, 0.25) is 5.15 Å². The summed E-state index contributed by atoms with van der Waals surface area (Å²) in [4.78, 5) is 44.6. The van der Waals surface area contributed by atoms with Crippen LogP contribution in [0.3, 0.4) is 0 Å². The van der Waals surface area contributed by atoms with Crippen molar-refractivity contribution in [1.29, 1.82) is 0 Å². The molecule has 39 heavy (non-hydrogen) atoms. The molecule has 0 saturated carbocycles. The summed E-state index contributed by atoms with van der Waals surface area (Å²) >= 11 is 6.00. The van der Waals surface area contributed by atoms with E-state index < -0.39 is 45.6 Å². The van der Waals surface area contributed by atoms with Gasteiger partial charge in [0.15, 0.2) is 0 Å². The summed E-state index contributed by atoms with van der Waals surface area (Å²) in [6.45, 7) is 5.54. The van der Waals surface area contributed by atoms with E-state index in [9.17, 15) is 27.4 Å². The standard InChI is InChI=1S/C25H26ClF2N5O5S/c1-25(2,3)23(35)31-18-4-5-20(26)30-19(18)12-38-24(36)33-10-13-8-32(9-14(13)11-33)22(34)21-16(27)6-15(39(29)37)7-17(21)28/h4-7H,8-12,29H2,1-3H3,(H,31,35). The van der Waals surface area contributed by atoms with E-state index in [4.69, 9.17) is 21.5 Å². The summed E-state index contributed by atoms with van der Waals surface area (Å²) in [5.74, 6) is -3.42. The van der Waals surface area contributed by atoms with E-state index in [0.29, 0.717) is 5.69 Å². The Morgan fingerprint density at radius 2 is 1.64 bits per heavy atom. The number of carbonyl (C=O) groups is 3. The molecule has 1 unspecified atom stereocenters. The number of nitrogens with one attached hydrogen (secondary N) is 1. The number of aromatic nitrogens is 1. The lowest BCUT2D eigenvalue weighted by Gasteiger charge is -2.23. The van der Waals surface area contributed by atoms with Gasteiger partial charge in [0, 0.05) is 31.6 Å². The number of ether oxygens (including phenoxy) is 1. The van der Waals surface area contributed by atoms with Gasteiger partial charge in [-0.15, -0.1) is 0 Å². The van der Waals surface area contributed by atoms with Gasteiger partial charge in [0.2, 0.25) is 5.91 Å². The van der Waals surface area contributed by atoms with Gasteiger partial charge in [-0.3, -0.25) is 9.59 Å². The first-order valence-electron chi connectivity index (χ1n) is 11.8. The number of carbonyl (C=O) groups excluding carboxylic acids is 3. The highest BCUT2D eigenvalue weighted by Crippen LogP contribution is 2.29. The third-order valence-electron chi connectivity index (χ3n) is 6.24. The van der Waals surface area contributed by atoms with E-state index in [-0.39, 0.29) is 54.4 Å². The second kappa shape index (κ2) is 11.0. The smallest absolute Gasteiger partial charge is 0.410 e. The number of halogens is 3. The molecule has 0 saturated heterocycles. The lowest BCUT2D eigenvalue weighted by molar-refractivity contribution is -0.123. The highest BCUT2D eigenvalue weighted by atomic mass is 35.5. The summed E-state index contributed by atoms with van der Waals surface area (Å²) in [5, 5.41) is 8.10. The lowest BCUT2D eigenvalue weighted by atomic mass is 9.95. The fourth-order valence-electron chi connectivity index (χ4n) is 4.11. The molecule has 14 heteroatoms. The zero-order valence-corrected chi connectivity index (χ0v) is 22.9. The van der Waals surface area contributed by atoms with E-state index in [0.717, 1.165) is 23.3 Å². The number of nitrogens with zero attached hydrogens (tertiary/aromatic N) is 3. The number of anilines is 1. The van der Waals surface area contributed by atoms with Gasteiger partial charge in [-0.2, -0.15) is 0 Å². The molecule has 0 fully saturated rings. The number of nitrogens with two attached hydrogens (primary N) is 1. The minimum Gasteiger partial charge on any atom is -0.443 e. The quantitative estimate of drug-likeness (QED) is 0.410. The fraction of sp³-hybridized carbons (Fsp3) is 0.360. The number of benzene rings is 1. The average Bonchev–Trinajstić information content (AvgIpc) is 3.42. The SMILES string of the molecule is CC(C)(C)C(=O)Nc1ccc(Cl)nc1COC(=O)N1CC2=C(C1)CN(C(=O)c1c(F)cc(S(N)=O)cc1F)C2. The molecule has 3 N–H and O–H groups in total. The van der Waals surface area contributed by atoms with E-state index >= 15 is 0 Å². The van der Waals surface area contributed by atoms with Crippen LogP contribution in [-0.2, 0) is 27.1 Å². The van der Waals surface area contributed by atoms with Crippen LogP contribution in [0.25, 0.3) is 0 Å². The number of hydrogen-bond acceptors (Lipinski definition) is 6. The topological polar surface area (TPSA) is 135 Å². The van der Waals surface area contributed by atoms with Gasteiger partial charge in [-0.1, -0.05) is 32.4 Å². The van der Waals surface area contributed by atoms with Crippen molar-refractivity contribution in [2.75, 3.05) is 31.5 Å². The predicted octanol–water partition coefficient (Wildman–Crippen LogP) is 3.38. The molecule has 1 atom stereocenters. The largest absolute Gasteiger partial charge is 0.443 e. The zero-order valence-electron chi connectivity index (χ0n) is 21.3. The van der Waals surface area contributed by atoms with Crippen molar-refractivity contribution < 1.29 is 32.1 Å². The van der Waals surface area contributed by atoms with E-state index in [2.05, 4.69) is 10.3 Å². The van der Waals surface area contributed by atoms with E-state index in [1.54, 1.807) is 26.8 Å². The average molecular weight is 582 g/mol. The Morgan fingerprint density at radius 3 is 2.18 bits per heavy atom.